The van der Waals surface area contributed by atoms with Crippen LogP contribution in [0.25, 0.3) is 0 Å². The molecule has 0 saturated heterocycles. The molecule has 0 aromatic heterocycles. The molecule has 3 heteroatoms. The molecule has 0 aliphatic carbocycles. The lowest BCUT2D eigenvalue weighted by Crippen LogP contribution is -0.617. The lowest BCUT2D eigenvalue weighted by Gasteiger charge is -0.812. The minimum Gasteiger partial charge on any atom is -0.147 e. The van der Waals surface area contributed by atoms with Crippen molar-refractivity contribution in [1.82, 2.24) is 0 Å². The van der Waals surface area contributed by atoms with E-state index in [9.17, 15) is 0 Å². The highest BCUT2D eigenvalue weighted by Gasteiger charge is 0.603. The first-order chi connectivity index (χ1) is 1.00. The van der Waals surface area contributed by atoms with Gasteiger partial charge >= 0.3 is 0 Å². The van der Waals surface area contributed by atoms with Crippen molar-refractivity contribution >= 4 is 40.0 Å². The first-order valence-corrected chi connectivity index (χ1v) is 1.06. The molecule has 0 atom stereocenters. The SMILES string of the molecule is C=P.Cl.Cl. The Morgan fingerprint density at radius 2 is 1.00 bits per heavy atom. The Morgan fingerprint density at radius 3 is 1.00 bits per heavy atom. The van der Waals surface area contributed by atoms with Crippen LogP contribution in [0.1, 0.15) is 0 Å². The molecular formula is CH5Cl2P. The van der Waals surface area contributed by atoms with Crippen LogP contribution in [0.3, 0.4) is 0 Å². The molecule has 0 unspecified atom stereocenters. The minimum absolute atomic E-state index is 0. The van der Waals surface area contributed by atoms with E-state index in [1.807, 2.05) is 0 Å². The summed E-state index contributed by atoms with van der Waals surface area (Å²) in [6.45, 7) is 0. The van der Waals surface area contributed by atoms with Gasteiger partial charge < -0.3 is 0 Å². The van der Waals surface area contributed by atoms with E-state index in [2.05, 4.69) is 15.2 Å². The maximum atomic E-state index is 3.06. The molecular weight excluding hydrogens is 114 g/mol. The van der Waals surface area contributed by atoms with E-state index in [0.29, 0.717) is 0 Å². The first-order valence-electron chi connectivity index (χ1n) is 0.354. The Bertz CT molecular complexity index is 6.00. The molecule has 0 N–H and O–H groups in total. The van der Waals surface area contributed by atoms with Gasteiger partial charge in [0.15, 0.2) is 0 Å². The highest BCUT2D eigenvalue weighted by atomic mass is 35.5. The fourth-order valence-electron chi connectivity index (χ4n) is 0. The zero-order chi connectivity index (χ0) is 2.00. The van der Waals surface area contributed by atoms with Crippen molar-refractivity contribution in [3.8, 4) is 0 Å². The van der Waals surface area contributed by atoms with E-state index in [4.69, 9.17) is 0 Å². The fourth-order valence-corrected chi connectivity index (χ4v) is 0. The van der Waals surface area contributed by atoms with Crippen molar-refractivity contribution in [3.63, 3.8) is 0 Å². The largest absolute Gasteiger partial charge is 0.147 e. The summed E-state index contributed by atoms with van der Waals surface area (Å²) in [5.41, 5.74) is 0. The van der Waals surface area contributed by atoms with Crippen LogP contribution in [0, 0.1) is 0 Å². The van der Waals surface area contributed by atoms with Crippen molar-refractivity contribution in [2.75, 3.05) is 0 Å². The maximum Gasteiger partial charge on any atom is -0.0786 e. The standard InChI is InChI=1S/CH3P.2ClH/c1-2;;/h2H,1H2;2*1H. The van der Waals surface area contributed by atoms with E-state index in [0.717, 1.165) is 0 Å². The molecule has 0 spiro atoms. The van der Waals surface area contributed by atoms with Gasteiger partial charge in [0.25, 0.3) is 0 Å². The summed E-state index contributed by atoms with van der Waals surface area (Å²) in [5.74, 6) is 0. The molecule has 0 nitrogen and oxygen atoms in total. The van der Waals surface area contributed by atoms with Crippen LogP contribution >= 0.6 is 33.7 Å². The quantitative estimate of drug-likeness (QED) is 0.423. The molecule has 0 aliphatic heterocycles. The van der Waals surface area contributed by atoms with Crippen molar-refractivity contribution in [3.05, 3.63) is 0 Å². The summed E-state index contributed by atoms with van der Waals surface area (Å²) in [4.78, 5) is 0. The third-order valence-electron chi connectivity index (χ3n) is 0. The van der Waals surface area contributed by atoms with Crippen LogP contribution in [0.4, 0.5) is 0 Å². The molecule has 4 heavy (non-hydrogen) atoms. The third kappa shape index (κ3) is 15.0. The normalized spacial score (nSPS) is 1.00. The van der Waals surface area contributed by atoms with Gasteiger partial charge in [-0.3, -0.25) is 0 Å². The van der Waals surface area contributed by atoms with Crippen molar-refractivity contribution in [2.45, 2.75) is 0 Å². The van der Waals surface area contributed by atoms with Gasteiger partial charge in [-0.05, 0) is 0 Å². The summed E-state index contributed by atoms with van der Waals surface area (Å²) in [7, 11) is 2.72. The molecule has 0 aromatic rings. The van der Waals surface area contributed by atoms with Crippen LogP contribution in [-0.4, -0.2) is 6.30 Å². The monoisotopic (exact) mass is 118 g/mol. The fraction of sp³-hybridized carbons (Fsp3) is 0. The Kier molecular flexibility index (Phi) is 275. The van der Waals surface area contributed by atoms with Crippen molar-refractivity contribution in [1.29, 1.82) is 0 Å². The zero-order valence-corrected chi connectivity index (χ0v) is 4.66. The number of rotatable bonds is 0. The van der Waals surface area contributed by atoms with Crippen molar-refractivity contribution < 1.29 is 0 Å². The van der Waals surface area contributed by atoms with Gasteiger partial charge in [-0.1, -0.05) is 6.30 Å². The predicted molar refractivity (Wildman–Crippen MR) is 29.9 cm³/mol. The molecule has 0 radical (unpaired) electrons. The van der Waals surface area contributed by atoms with Crippen LogP contribution in [0.15, 0.2) is 0 Å². The minimum atomic E-state index is 0. The highest BCUT2D eigenvalue weighted by molar-refractivity contribution is 7.15. The average Bonchev–Trinajstić information content (AvgIpc) is 1.00. The van der Waals surface area contributed by atoms with Gasteiger partial charge in [-0.15, -0.1) is 33.7 Å². The third-order valence-corrected chi connectivity index (χ3v) is 0. The summed E-state index contributed by atoms with van der Waals surface area (Å²) >= 11 is 0. The molecule has 0 aliphatic rings. The second-order valence-electron chi connectivity index (χ2n) is 0. The summed E-state index contributed by atoms with van der Waals surface area (Å²) in [6.07, 6.45) is 3.06. The van der Waals surface area contributed by atoms with E-state index in [1.54, 1.807) is 0 Å². The van der Waals surface area contributed by atoms with Crippen LogP contribution in [0.5, 0.6) is 0 Å². The predicted octanol–water partition coefficient (Wildman–Crippen LogP) is 1.40. The second kappa shape index (κ2) is 50.4. The van der Waals surface area contributed by atoms with E-state index < -0.39 is 0 Å². The van der Waals surface area contributed by atoms with Gasteiger partial charge in [0, 0.05) is 0 Å². The average molecular weight is 119 g/mol. The Morgan fingerprint density at radius 1 is 1.00 bits per heavy atom. The van der Waals surface area contributed by atoms with Crippen LogP contribution < -0.4 is 0 Å². The summed E-state index contributed by atoms with van der Waals surface area (Å²) in [5, 5.41) is 0. The molecule has 0 amide bonds. The molecule has 0 bridgehead atoms. The lowest BCUT2D eigenvalue weighted by atomic mass is 12.0. The molecule has 0 saturated carbocycles. The summed E-state index contributed by atoms with van der Waals surface area (Å²) in [6, 6.07) is 0. The van der Waals surface area contributed by atoms with Crippen LogP contribution in [0.2, 0.25) is 0 Å². The zero-order valence-electron chi connectivity index (χ0n) is 2.02. The summed E-state index contributed by atoms with van der Waals surface area (Å²) < 4.78 is 0. The molecule has 0 rings (SSSR count). The number of halogens is 2. The molecule has 0 aromatic carbocycles. The van der Waals surface area contributed by atoms with Gasteiger partial charge in [-0.2, -0.15) is 0 Å². The van der Waals surface area contributed by atoms with Gasteiger partial charge in [0.05, 0.1) is 0 Å². The first kappa shape index (κ1) is 21.8. The lowest BCUT2D eigenvalue weighted by molar-refractivity contribution is 4.77. The molecule has 0 heterocycles. The van der Waals surface area contributed by atoms with Gasteiger partial charge in [0.1, 0.15) is 0 Å². The van der Waals surface area contributed by atoms with E-state index in [-0.39, 0.29) is 24.8 Å². The van der Waals surface area contributed by atoms with Gasteiger partial charge in [-0.25, -0.2) is 0 Å². The number of hydrogen-bond donors (Lipinski definition) is 0. The Balaban J connectivity index is -0.00000000500. The maximum absolute atomic E-state index is 3.06. The van der Waals surface area contributed by atoms with E-state index >= 15 is 0 Å². The number of hydrogen-bond acceptors (Lipinski definition) is 0. The highest BCUT2D eigenvalue weighted by Crippen LogP contribution is 1.20. The molecule has 0 fully saturated rings. The van der Waals surface area contributed by atoms with Gasteiger partial charge in [0.2, 0.25) is 0 Å². The molecule has 28 valence electrons. The smallest absolute Gasteiger partial charge is 0.0786 e. The Hall–Kier alpha value is 0.750. The Labute approximate surface area is 40.6 Å². The van der Waals surface area contributed by atoms with E-state index in [1.165, 1.54) is 0 Å². The second-order valence-corrected chi connectivity index (χ2v) is 0. The van der Waals surface area contributed by atoms with Crippen LogP contribution in [-0.2, 0) is 0 Å². The van der Waals surface area contributed by atoms with Crippen molar-refractivity contribution in [2.24, 2.45) is 0 Å². The topological polar surface area (TPSA) is 0 Å².